The van der Waals surface area contributed by atoms with Crippen LogP contribution in [-0.2, 0) is 0 Å². The highest BCUT2D eigenvalue weighted by Gasteiger charge is 2.22. The average Bonchev–Trinajstić information content (AvgIpc) is 2.19. The summed E-state index contributed by atoms with van der Waals surface area (Å²) in [5, 5.41) is 18.3. The SMILES string of the molecule is CC(C)Oc1c(B(O)O)ccc(C=O)c1Br. The Bertz CT molecular complexity index is 393. The molecule has 0 bridgehead atoms. The predicted molar refractivity (Wildman–Crippen MR) is 65.1 cm³/mol. The quantitative estimate of drug-likeness (QED) is 0.633. The Morgan fingerprint density at radius 2 is 2.06 bits per heavy atom. The van der Waals surface area contributed by atoms with Crippen LogP contribution in [0.2, 0.25) is 0 Å². The van der Waals surface area contributed by atoms with Gasteiger partial charge in [-0.2, -0.15) is 0 Å². The number of benzene rings is 1. The predicted octanol–water partition coefficient (Wildman–Crippen LogP) is 0.729. The monoisotopic (exact) mass is 286 g/mol. The molecule has 0 heterocycles. The van der Waals surface area contributed by atoms with E-state index in [0.29, 0.717) is 16.3 Å². The zero-order valence-electron chi connectivity index (χ0n) is 8.98. The van der Waals surface area contributed by atoms with Gasteiger partial charge in [0.1, 0.15) is 5.75 Å². The molecule has 1 aromatic rings. The summed E-state index contributed by atoms with van der Waals surface area (Å²) in [4.78, 5) is 10.7. The maximum Gasteiger partial charge on any atom is 0.492 e. The summed E-state index contributed by atoms with van der Waals surface area (Å²) in [6.45, 7) is 3.63. The molecular formula is C10H12BBrO4. The van der Waals surface area contributed by atoms with Crippen LogP contribution in [0.15, 0.2) is 16.6 Å². The second-order valence-electron chi connectivity index (χ2n) is 3.55. The normalized spacial score (nSPS) is 10.4. The Balaban J connectivity index is 3.30. The van der Waals surface area contributed by atoms with Gasteiger partial charge in [0.2, 0.25) is 0 Å². The van der Waals surface area contributed by atoms with E-state index >= 15 is 0 Å². The lowest BCUT2D eigenvalue weighted by Crippen LogP contribution is -2.32. The summed E-state index contributed by atoms with van der Waals surface area (Å²) in [7, 11) is -1.63. The molecule has 1 aromatic carbocycles. The van der Waals surface area contributed by atoms with Crippen LogP contribution in [0.3, 0.4) is 0 Å². The highest BCUT2D eigenvalue weighted by Crippen LogP contribution is 2.27. The number of aldehydes is 1. The number of carbonyl (C=O) groups is 1. The van der Waals surface area contributed by atoms with Crippen LogP contribution in [-0.4, -0.2) is 29.6 Å². The minimum atomic E-state index is -1.63. The molecule has 2 N–H and O–H groups in total. The summed E-state index contributed by atoms with van der Waals surface area (Å²) >= 11 is 3.21. The van der Waals surface area contributed by atoms with E-state index in [-0.39, 0.29) is 17.3 Å². The van der Waals surface area contributed by atoms with Crippen molar-refractivity contribution in [1.29, 1.82) is 0 Å². The van der Waals surface area contributed by atoms with Gasteiger partial charge in [0.15, 0.2) is 6.29 Å². The first kappa shape index (κ1) is 13.2. The fourth-order valence-electron chi connectivity index (χ4n) is 1.24. The number of hydrogen-bond acceptors (Lipinski definition) is 4. The number of ether oxygens (including phenoxy) is 1. The first-order chi connectivity index (χ1) is 7.47. The zero-order chi connectivity index (χ0) is 12.3. The highest BCUT2D eigenvalue weighted by atomic mass is 79.9. The highest BCUT2D eigenvalue weighted by molar-refractivity contribution is 9.10. The standard InChI is InChI=1S/C10H12BBrO4/c1-6(2)16-10-8(11(14)15)4-3-7(5-13)9(10)12/h3-6,14-15H,1-2H3. The molecule has 0 saturated heterocycles. The molecule has 0 aliphatic rings. The van der Waals surface area contributed by atoms with Gasteiger partial charge in [0.05, 0.1) is 10.6 Å². The maximum absolute atomic E-state index is 10.7. The van der Waals surface area contributed by atoms with E-state index in [2.05, 4.69) is 15.9 Å². The van der Waals surface area contributed by atoms with Crippen molar-refractivity contribution in [1.82, 2.24) is 0 Å². The summed E-state index contributed by atoms with van der Waals surface area (Å²) in [6, 6.07) is 2.95. The van der Waals surface area contributed by atoms with E-state index in [9.17, 15) is 14.8 Å². The van der Waals surface area contributed by atoms with Crippen molar-refractivity contribution in [3.05, 3.63) is 22.2 Å². The molecule has 86 valence electrons. The van der Waals surface area contributed by atoms with Crippen molar-refractivity contribution < 1.29 is 19.6 Å². The van der Waals surface area contributed by atoms with Gasteiger partial charge in [-0.3, -0.25) is 4.79 Å². The molecular weight excluding hydrogens is 275 g/mol. The van der Waals surface area contributed by atoms with Crippen LogP contribution in [0.4, 0.5) is 0 Å². The van der Waals surface area contributed by atoms with E-state index in [4.69, 9.17) is 4.74 Å². The fraction of sp³-hybridized carbons (Fsp3) is 0.300. The van der Waals surface area contributed by atoms with Gasteiger partial charge in [-0.1, -0.05) is 12.1 Å². The van der Waals surface area contributed by atoms with Crippen LogP contribution in [0.1, 0.15) is 24.2 Å². The molecule has 16 heavy (non-hydrogen) atoms. The molecule has 0 spiro atoms. The maximum atomic E-state index is 10.7. The van der Waals surface area contributed by atoms with Crippen LogP contribution < -0.4 is 10.2 Å². The zero-order valence-corrected chi connectivity index (χ0v) is 10.6. The molecule has 1 rings (SSSR count). The second kappa shape index (κ2) is 5.47. The Labute approximate surface area is 103 Å². The smallest absolute Gasteiger partial charge is 0.490 e. The lowest BCUT2D eigenvalue weighted by molar-refractivity contribution is 0.112. The van der Waals surface area contributed by atoms with Crippen molar-refractivity contribution in [3.8, 4) is 5.75 Å². The molecule has 4 nitrogen and oxygen atoms in total. The summed E-state index contributed by atoms with van der Waals surface area (Å²) in [5.74, 6) is 0.287. The van der Waals surface area contributed by atoms with Gasteiger partial charge >= 0.3 is 7.12 Å². The van der Waals surface area contributed by atoms with Crippen LogP contribution in [0, 0.1) is 0 Å². The third kappa shape index (κ3) is 2.84. The van der Waals surface area contributed by atoms with Gasteiger partial charge in [-0.25, -0.2) is 0 Å². The molecule has 0 amide bonds. The second-order valence-corrected chi connectivity index (χ2v) is 4.34. The Morgan fingerprint density at radius 3 is 2.50 bits per heavy atom. The summed E-state index contributed by atoms with van der Waals surface area (Å²) in [6.07, 6.45) is 0.542. The molecule has 0 radical (unpaired) electrons. The number of carbonyl (C=O) groups excluding carboxylic acids is 1. The van der Waals surface area contributed by atoms with Crippen molar-refractivity contribution in [2.75, 3.05) is 0 Å². The number of rotatable bonds is 4. The fourth-order valence-corrected chi connectivity index (χ4v) is 1.78. The molecule has 0 aliphatic carbocycles. The van der Waals surface area contributed by atoms with E-state index < -0.39 is 7.12 Å². The lowest BCUT2D eigenvalue weighted by Gasteiger charge is -2.16. The van der Waals surface area contributed by atoms with Gasteiger partial charge in [0.25, 0.3) is 0 Å². The minimum Gasteiger partial charge on any atom is -0.490 e. The van der Waals surface area contributed by atoms with E-state index in [0.717, 1.165) is 0 Å². The molecule has 6 heteroatoms. The van der Waals surface area contributed by atoms with Gasteiger partial charge in [0, 0.05) is 11.0 Å². The van der Waals surface area contributed by atoms with Crippen molar-refractivity contribution in [2.45, 2.75) is 20.0 Å². The largest absolute Gasteiger partial charge is 0.492 e. The van der Waals surface area contributed by atoms with E-state index in [1.54, 1.807) is 0 Å². The van der Waals surface area contributed by atoms with Crippen LogP contribution >= 0.6 is 15.9 Å². The van der Waals surface area contributed by atoms with Gasteiger partial charge in [-0.15, -0.1) is 0 Å². The number of halogens is 1. The van der Waals surface area contributed by atoms with Crippen LogP contribution in [0.5, 0.6) is 5.75 Å². The molecule has 0 aromatic heterocycles. The third-order valence-corrected chi connectivity index (χ3v) is 2.73. The summed E-state index contributed by atoms with van der Waals surface area (Å²) < 4.78 is 5.89. The third-order valence-electron chi connectivity index (χ3n) is 1.92. The molecule has 0 unspecified atom stereocenters. The van der Waals surface area contributed by atoms with Crippen LogP contribution in [0.25, 0.3) is 0 Å². The van der Waals surface area contributed by atoms with E-state index in [1.165, 1.54) is 12.1 Å². The molecule has 0 atom stereocenters. The van der Waals surface area contributed by atoms with Gasteiger partial charge in [-0.05, 0) is 29.8 Å². The topological polar surface area (TPSA) is 66.8 Å². The van der Waals surface area contributed by atoms with Crippen molar-refractivity contribution in [2.24, 2.45) is 0 Å². The lowest BCUT2D eigenvalue weighted by atomic mass is 9.79. The first-order valence-corrected chi connectivity index (χ1v) is 5.57. The molecule has 0 fully saturated rings. The number of hydrogen-bond donors (Lipinski definition) is 2. The molecule has 0 saturated carbocycles. The summed E-state index contributed by atoms with van der Waals surface area (Å²) in [5.41, 5.74) is 0.631. The minimum absolute atomic E-state index is 0.129. The van der Waals surface area contributed by atoms with Gasteiger partial charge < -0.3 is 14.8 Å². The molecule has 0 aliphatic heterocycles. The Morgan fingerprint density at radius 1 is 1.44 bits per heavy atom. The Kier molecular flexibility index (Phi) is 4.52. The first-order valence-electron chi connectivity index (χ1n) is 4.77. The van der Waals surface area contributed by atoms with Crippen molar-refractivity contribution >= 4 is 34.8 Å². The van der Waals surface area contributed by atoms with E-state index in [1.807, 2.05) is 13.8 Å². The average molecular weight is 287 g/mol. The van der Waals surface area contributed by atoms with Crippen molar-refractivity contribution in [3.63, 3.8) is 0 Å². The Hall–Kier alpha value is -0.845.